The van der Waals surface area contributed by atoms with Crippen LogP contribution in [0.3, 0.4) is 0 Å². The van der Waals surface area contributed by atoms with Crippen molar-refractivity contribution >= 4 is 11.9 Å². The Hall–Kier alpha value is -2.38. The molecule has 5 nitrogen and oxygen atoms in total. The van der Waals surface area contributed by atoms with Crippen molar-refractivity contribution in [3.63, 3.8) is 0 Å². The minimum absolute atomic E-state index is 0.0254. The van der Waals surface area contributed by atoms with Gasteiger partial charge in [0.05, 0.1) is 5.56 Å². The molecule has 0 unspecified atom stereocenters. The molecule has 0 radical (unpaired) electrons. The second-order valence-electron chi connectivity index (χ2n) is 3.68. The van der Waals surface area contributed by atoms with Crippen molar-refractivity contribution in [1.29, 1.82) is 0 Å². The lowest BCUT2D eigenvalue weighted by Crippen LogP contribution is -2.06. The Kier molecular flexibility index (Phi) is 3.24. The van der Waals surface area contributed by atoms with Crippen LogP contribution in [-0.4, -0.2) is 16.0 Å². The fraction of sp³-hybridized carbons (Fsp3) is 0.182. The first kappa shape index (κ1) is 13.1. The number of nitrogens with one attached hydrogen (secondary N) is 1. The molecule has 1 aromatic heterocycles. The van der Waals surface area contributed by atoms with E-state index in [-0.39, 0.29) is 17.7 Å². The summed E-state index contributed by atoms with van der Waals surface area (Å²) in [4.78, 5) is 14.6. The van der Waals surface area contributed by atoms with Crippen molar-refractivity contribution in [2.45, 2.75) is 13.1 Å². The second-order valence-corrected chi connectivity index (χ2v) is 3.68. The van der Waals surface area contributed by atoms with E-state index in [1.54, 1.807) is 0 Å². The molecule has 0 saturated carbocycles. The van der Waals surface area contributed by atoms with Gasteiger partial charge in [-0.15, -0.1) is 0 Å². The Balaban J connectivity index is 2.23. The largest absolute Gasteiger partial charge is 0.416 e. The quantitative estimate of drug-likeness (QED) is 0.911. The molecule has 0 aliphatic heterocycles. The van der Waals surface area contributed by atoms with Crippen LogP contribution in [0.2, 0.25) is 0 Å². The molecule has 1 heterocycles. The number of carbonyl (C=O) groups excluding carboxylic acids is 1. The summed E-state index contributed by atoms with van der Waals surface area (Å²) in [5.41, 5.74) is -0.435. The van der Waals surface area contributed by atoms with E-state index in [2.05, 4.69) is 15.5 Å². The predicted octanol–water partition coefficient (Wildman–Crippen LogP) is 2.71. The maximum Gasteiger partial charge on any atom is 0.416 e. The van der Waals surface area contributed by atoms with Gasteiger partial charge in [-0.3, -0.25) is 10.1 Å². The number of halogens is 3. The number of aromatic nitrogens is 2. The highest BCUT2D eigenvalue weighted by Gasteiger charge is 2.30. The maximum atomic E-state index is 12.4. The Labute approximate surface area is 105 Å². The van der Waals surface area contributed by atoms with Crippen LogP contribution in [0, 0.1) is 0 Å². The van der Waals surface area contributed by atoms with Gasteiger partial charge in [0, 0.05) is 12.5 Å². The van der Waals surface area contributed by atoms with Gasteiger partial charge in [-0.2, -0.15) is 18.2 Å². The number of hydrogen-bond acceptors (Lipinski definition) is 4. The monoisotopic (exact) mass is 271 g/mol. The molecule has 1 amide bonds. The molecule has 0 fully saturated rings. The molecule has 8 heteroatoms. The molecule has 0 saturated heterocycles. The highest BCUT2D eigenvalue weighted by Crippen LogP contribution is 2.30. The standard InChI is InChI=1S/C11H8F3N3O2/c1-6(18)15-10-16-9(19-17-10)7-2-4-8(5-3-7)11(12,13)14/h2-5H,1H3,(H,15,17,18). The highest BCUT2D eigenvalue weighted by molar-refractivity contribution is 5.86. The molecule has 0 aliphatic carbocycles. The number of benzene rings is 1. The van der Waals surface area contributed by atoms with Crippen LogP contribution < -0.4 is 5.32 Å². The zero-order chi connectivity index (χ0) is 14.0. The Morgan fingerprint density at radius 1 is 1.26 bits per heavy atom. The molecule has 2 aromatic rings. The van der Waals surface area contributed by atoms with Crippen molar-refractivity contribution in [2.24, 2.45) is 0 Å². The number of anilines is 1. The molecular formula is C11H8F3N3O2. The molecule has 0 bridgehead atoms. The van der Waals surface area contributed by atoms with E-state index < -0.39 is 11.7 Å². The third kappa shape index (κ3) is 3.09. The summed E-state index contributed by atoms with van der Waals surface area (Å²) in [6.07, 6.45) is -4.39. The van der Waals surface area contributed by atoms with E-state index in [4.69, 9.17) is 4.52 Å². The topological polar surface area (TPSA) is 68.0 Å². The van der Waals surface area contributed by atoms with Gasteiger partial charge >= 0.3 is 6.18 Å². The number of amides is 1. The van der Waals surface area contributed by atoms with Gasteiger partial charge in [0.2, 0.25) is 5.91 Å². The third-order valence-corrected chi connectivity index (χ3v) is 2.17. The lowest BCUT2D eigenvalue weighted by atomic mass is 10.1. The van der Waals surface area contributed by atoms with Crippen molar-refractivity contribution in [3.05, 3.63) is 29.8 Å². The van der Waals surface area contributed by atoms with Crippen LogP contribution in [-0.2, 0) is 11.0 Å². The van der Waals surface area contributed by atoms with Gasteiger partial charge in [-0.25, -0.2) is 0 Å². The van der Waals surface area contributed by atoms with Crippen molar-refractivity contribution in [2.75, 3.05) is 5.32 Å². The first-order valence-electron chi connectivity index (χ1n) is 5.15. The van der Waals surface area contributed by atoms with Gasteiger partial charge in [-0.05, 0) is 29.4 Å². The minimum Gasteiger partial charge on any atom is -0.332 e. The zero-order valence-corrected chi connectivity index (χ0v) is 9.65. The number of hydrogen-bond donors (Lipinski definition) is 1. The van der Waals surface area contributed by atoms with Gasteiger partial charge in [0.25, 0.3) is 11.8 Å². The van der Waals surface area contributed by atoms with Crippen LogP contribution in [0.25, 0.3) is 11.5 Å². The number of nitrogens with zero attached hydrogens (tertiary/aromatic N) is 2. The zero-order valence-electron chi connectivity index (χ0n) is 9.65. The van der Waals surface area contributed by atoms with Crippen molar-refractivity contribution in [3.8, 4) is 11.5 Å². The Morgan fingerprint density at radius 2 is 1.89 bits per heavy atom. The fourth-order valence-corrected chi connectivity index (χ4v) is 1.35. The van der Waals surface area contributed by atoms with E-state index in [1.165, 1.54) is 19.1 Å². The molecule has 100 valence electrons. The average Bonchev–Trinajstić information content (AvgIpc) is 2.75. The minimum atomic E-state index is -4.39. The summed E-state index contributed by atoms with van der Waals surface area (Å²) in [7, 11) is 0. The molecule has 0 atom stereocenters. The predicted molar refractivity (Wildman–Crippen MR) is 59.0 cm³/mol. The lowest BCUT2D eigenvalue weighted by molar-refractivity contribution is -0.137. The maximum absolute atomic E-state index is 12.4. The van der Waals surface area contributed by atoms with Crippen LogP contribution in [0.15, 0.2) is 28.8 Å². The molecule has 1 aromatic carbocycles. The second kappa shape index (κ2) is 4.71. The molecule has 0 spiro atoms. The van der Waals surface area contributed by atoms with E-state index in [9.17, 15) is 18.0 Å². The third-order valence-electron chi connectivity index (χ3n) is 2.17. The first-order valence-corrected chi connectivity index (χ1v) is 5.15. The smallest absolute Gasteiger partial charge is 0.332 e. The lowest BCUT2D eigenvalue weighted by Gasteiger charge is -2.05. The summed E-state index contributed by atoms with van der Waals surface area (Å²) >= 11 is 0. The van der Waals surface area contributed by atoms with Gasteiger partial charge in [0.15, 0.2) is 0 Å². The Bertz CT molecular complexity index is 590. The van der Waals surface area contributed by atoms with E-state index in [0.717, 1.165) is 12.1 Å². The van der Waals surface area contributed by atoms with E-state index in [0.29, 0.717) is 5.56 Å². The number of alkyl halides is 3. The normalized spacial score (nSPS) is 11.4. The van der Waals surface area contributed by atoms with Crippen LogP contribution in [0.5, 0.6) is 0 Å². The van der Waals surface area contributed by atoms with E-state index >= 15 is 0 Å². The summed E-state index contributed by atoms with van der Waals surface area (Å²) in [6, 6.07) is 4.26. The molecular weight excluding hydrogens is 263 g/mol. The molecule has 2 rings (SSSR count). The van der Waals surface area contributed by atoms with Gasteiger partial charge in [0.1, 0.15) is 0 Å². The fourth-order valence-electron chi connectivity index (χ4n) is 1.35. The summed E-state index contributed by atoms with van der Waals surface area (Å²) in [6.45, 7) is 1.27. The van der Waals surface area contributed by atoms with Gasteiger partial charge in [-0.1, -0.05) is 0 Å². The summed E-state index contributed by atoms with van der Waals surface area (Å²) in [5.74, 6) is -0.389. The average molecular weight is 271 g/mol. The molecule has 19 heavy (non-hydrogen) atoms. The van der Waals surface area contributed by atoms with Gasteiger partial charge < -0.3 is 4.52 Å². The summed E-state index contributed by atoms with van der Waals surface area (Å²) in [5, 5.41) is 5.76. The number of carbonyl (C=O) groups is 1. The van der Waals surface area contributed by atoms with Crippen LogP contribution in [0.1, 0.15) is 12.5 Å². The van der Waals surface area contributed by atoms with Crippen LogP contribution >= 0.6 is 0 Å². The molecule has 0 aliphatic rings. The summed E-state index contributed by atoms with van der Waals surface area (Å²) < 4.78 is 41.9. The molecule has 1 N–H and O–H groups in total. The Morgan fingerprint density at radius 3 is 2.42 bits per heavy atom. The van der Waals surface area contributed by atoms with Crippen LogP contribution in [0.4, 0.5) is 19.1 Å². The first-order chi connectivity index (χ1) is 8.86. The van der Waals surface area contributed by atoms with Crippen molar-refractivity contribution < 1.29 is 22.5 Å². The van der Waals surface area contributed by atoms with E-state index in [1.807, 2.05) is 0 Å². The van der Waals surface area contributed by atoms with Crippen molar-refractivity contribution in [1.82, 2.24) is 10.1 Å². The SMILES string of the molecule is CC(=O)Nc1noc(-c2ccc(C(F)(F)F)cc2)n1. The number of rotatable bonds is 2. The highest BCUT2D eigenvalue weighted by atomic mass is 19.4.